The van der Waals surface area contributed by atoms with Gasteiger partial charge >= 0.3 is 5.97 Å². The summed E-state index contributed by atoms with van der Waals surface area (Å²) in [6.07, 6.45) is 2.45. The van der Waals surface area contributed by atoms with E-state index in [4.69, 9.17) is 10.5 Å². The van der Waals surface area contributed by atoms with Gasteiger partial charge in [-0.3, -0.25) is 14.4 Å². The van der Waals surface area contributed by atoms with Gasteiger partial charge in [0.1, 0.15) is 6.04 Å². The van der Waals surface area contributed by atoms with E-state index in [1.54, 1.807) is 19.2 Å². The molecule has 1 aliphatic heterocycles. The second-order valence-corrected chi connectivity index (χ2v) is 9.11. The summed E-state index contributed by atoms with van der Waals surface area (Å²) in [6.45, 7) is 1.29. The molecule has 2 rings (SSSR count). The highest BCUT2D eigenvalue weighted by atomic mass is 32.2. The van der Waals surface area contributed by atoms with Crippen LogP contribution in [0.1, 0.15) is 18.9 Å². The first-order chi connectivity index (χ1) is 15.7. The van der Waals surface area contributed by atoms with Crippen LogP contribution in [-0.2, 0) is 30.3 Å². The summed E-state index contributed by atoms with van der Waals surface area (Å²) in [4.78, 5) is 53.8. The van der Waals surface area contributed by atoms with Gasteiger partial charge in [-0.25, -0.2) is 4.79 Å². The zero-order valence-corrected chi connectivity index (χ0v) is 21.0. The van der Waals surface area contributed by atoms with Crippen LogP contribution in [0.3, 0.4) is 0 Å². The minimum Gasteiger partial charge on any atom is -0.467 e. The second-order valence-electron chi connectivity index (χ2n) is 7.84. The van der Waals surface area contributed by atoms with E-state index in [1.165, 1.54) is 30.7 Å². The summed E-state index contributed by atoms with van der Waals surface area (Å²) in [7, 11) is 2.77. The molecule has 0 aromatic heterocycles. The highest BCUT2D eigenvalue weighted by Gasteiger charge is 2.52. The fourth-order valence-electron chi connectivity index (χ4n) is 4.16. The minimum absolute atomic E-state index is 0.0768. The number of rotatable bonds is 10. The van der Waals surface area contributed by atoms with Crippen molar-refractivity contribution in [1.29, 1.82) is 0 Å². The van der Waals surface area contributed by atoms with Crippen LogP contribution in [-0.4, -0.2) is 79.2 Å². The average molecular weight is 497 g/mol. The third kappa shape index (κ3) is 5.53. The lowest BCUT2D eigenvalue weighted by Gasteiger charge is -2.41. The molecule has 1 aromatic carbocycles. The predicted octanol–water partition coefficient (Wildman–Crippen LogP) is 0.160. The lowest BCUT2D eigenvalue weighted by molar-refractivity contribution is -0.145. The summed E-state index contributed by atoms with van der Waals surface area (Å²) < 4.78 is 4.95. The van der Waals surface area contributed by atoms with Gasteiger partial charge in [-0.2, -0.15) is 24.4 Å². The van der Waals surface area contributed by atoms with Gasteiger partial charge in [-0.05, 0) is 37.8 Å². The van der Waals surface area contributed by atoms with Crippen molar-refractivity contribution in [2.45, 2.75) is 43.4 Å². The van der Waals surface area contributed by atoms with Crippen LogP contribution >= 0.6 is 24.4 Å². The number of nitrogens with zero attached hydrogens (tertiary/aromatic N) is 1. The number of thiol groups is 1. The number of aryl methyl sites for hydroxylation is 1. The Morgan fingerprint density at radius 2 is 2.00 bits per heavy atom. The summed E-state index contributed by atoms with van der Waals surface area (Å²) in [5.74, 6) is -1.76. The Hall–Kier alpha value is -2.08. The molecule has 0 spiro atoms. The van der Waals surface area contributed by atoms with Gasteiger partial charge in [0.25, 0.3) is 5.91 Å². The van der Waals surface area contributed by atoms with Crippen molar-refractivity contribution in [3.05, 3.63) is 29.8 Å². The first-order valence-electron chi connectivity index (χ1n) is 10.5. The van der Waals surface area contributed by atoms with Gasteiger partial charge in [-0.15, -0.1) is 0 Å². The maximum Gasteiger partial charge on any atom is 0.330 e. The van der Waals surface area contributed by atoms with Crippen molar-refractivity contribution in [3.8, 4) is 0 Å². The van der Waals surface area contributed by atoms with E-state index in [2.05, 4.69) is 23.3 Å². The Kier molecular flexibility index (Phi) is 9.77. The molecule has 0 aliphatic carbocycles. The van der Waals surface area contributed by atoms with Gasteiger partial charge in [0.2, 0.25) is 5.91 Å². The molecular weight excluding hydrogens is 464 g/mol. The SMILES string of the molecule is CN[C@]1(C(=O)C(N)CS)CCc2ccccc2N(C(CSC)[C@H](NC(C)=O)C(=O)OC)C1=O. The standard InChI is InChI=1S/C22H32N4O5S2/c1-13(27)25-18(20(29)31-3)17(12-33-4)26-16-8-6-5-7-14(16)9-10-22(24-2,21(26)30)19(28)15(23)11-32/h5-8,15,17-18,24,32H,9-12,23H2,1-4H3,(H,25,27)/t15?,17?,18-,22-/m0/s1. The highest BCUT2D eigenvalue weighted by molar-refractivity contribution is 7.98. The number of amides is 2. The first kappa shape index (κ1) is 27.2. The molecule has 2 unspecified atom stereocenters. The number of hydrogen-bond donors (Lipinski definition) is 4. The van der Waals surface area contributed by atoms with Crippen molar-refractivity contribution < 1.29 is 23.9 Å². The van der Waals surface area contributed by atoms with E-state index >= 15 is 0 Å². The third-order valence-electron chi connectivity index (χ3n) is 5.85. The molecule has 4 atom stereocenters. The lowest BCUT2D eigenvalue weighted by Crippen LogP contribution is -2.69. The first-order valence-corrected chi connectivity index (χ1v) is 12.6. The van der Waals surface area contributed by atoms with Crippen LogP contribution < -0.4 is 21.3 Å². The molecule has 1 aliphatic rings. The molecule has 0 saturated heterocycles. The number of thioether (sulfide) groups is 1. The number of carbonyl (C=O) groups is 4. The van der Waals surface area contributed by atoms with E-state index in [0.29, 0.717) is 17.9 Å². The number of nitrogens with one attached hydrogen (secondary N) is 2. The number of benzene rings is 1. The minimum atomic E-state index is -1.62. The second kappa shape index (κ2) is 11.9. The molecule has 1 heterocycles. The smallest absolute Gasteiger partial charge is 0.330 e. The Morgan fingerprint density at radius 3 is 2.55 bits per heavy atom. The summed E-state index contributed by atoms with van der Waals surface area (Å²) >= 11 is 5.55. The molecule has 0 saturated carbocycles. The zero-order valence-electron chi connectivity index (χ0n) is 19.3. The van der Waals surface area contributed by atoms with Crippen LogP contribution in [0.2, 0.25) is 0 Å². The van der Waals surface area contributed by atoms with Crippen LogP contribution in [0.15, 0.2) is 24.3 Å². The Balaban J connectivity index is 2.76. The summed E-state index contributed by atoms with van der Waals surface area (Å²) in [5, 5.41) is 5.57. The Labute approximate surface area is 204 Å². The number of Topliss-reactive ketones (excluding diaryl/α,β-unsaturated/α-hetero) is 1. The number of para-hydroxylation sites is 1. The molecule has 0 fully saturated rings. The van der Waals surface area contributed by atoms with Crippen LogP contribution in [0.5, 0.6) is 0 Å². The van der Waals surface area contributed by atoms with Crippen LogP contribution in [0.4, 0.5) is 5.69 Å². The number of hydrogen-bond acceptors (Lipinski definition) is 9. The van der Waals surface area contributed by atoms with Crippen molar-refractivity contribution in [2.24, 2.45) is 5.73 Å². The number of ketones is 1. The number of fused-ring (bicyclic) bond motifs is 1. The van der Waals surface area contributed by atoms with Gasteiger partial charge < -0.3 is 26.0 Å². The van der Waals surface area contributed by atoms with Gasteiger partial charge in [-0.1, -0.05) is 18.2 Å². The molecular formula is C22H32N4O5S2. The average Bonchev–Trinajstić information content (AvgIpc) is 2.94. The number of anilines is 1. The van der Waals surface area contributed by atoms with Gasteiger partial charge in [0, 0.05) is 24.1 Å². The summed E-state index contributed by atoms with van der Waals surface area (Å²) in [5.41, 5.74) is 5.83. The number of ether oxygens (including phenoxy) is 1. The van der Waals surface area contributed by atoms with E-state index in [9.17, 15) is 19.2 Å². The quantitative estimate of drug-likeness (QED) is 0.205. The highest BCUT2D eigenvalue weighted by Crippen LogP contribution is 2.35. The Bertz CT molecular complexity index is 899. The predicted molar refractivity (Wildman–Crippen MR) is 133 cm³/mol. The van der Waals surface area contributed by atoms with E-state index in [-0.39, 0.29) is 12.2 Å². The number of likely N-dealkylation sites (N-methyl/N-ethyl adjacent to an activating group) is 1. The maximum atomic E-state index is 14.2. The van der Waals surface area contributed by atoms with E-state index < -0.39 is 47.2 Å². The number of nitrogens with two attached hydrogens (primary N) is 1. The normalized spacial score (nSPS) is 20.8. The van der Waals surface area contributed by atoms with E-state index in [1.807, 2.05) is 18.4 Å². The largest absolute Gasteiger partial charge is 0.467 e. The summed E-state index contributed by atoms with van der Waals surface area (Å²) in [6, 6.07) is 4.37. The fourth-order valence-corrected chi connectivity index (χ4v) is 5.01. The molecule has 0 radical (unpaired) electrons. The number of methoxy groups -OCH3 is 1. The van der Waals surface area contributed by atoms with E-state index in [0.717, 1.165) is 5.56 Å². The lowest BCUT2D eigenvalue weighted by atomic mass is 9.83. The van der Waals surface area contributed by atoms with Crippen molar-refractivity contribution in [1.82, 2.24) is 10.6 Å². The molecule has 11 heteroatoms. The fraction of sp³-hybridized carbons (Fsp3) is 0.545. The molecule has 4 N–H and O–H groups in total. The number of esters is 1. The van der Waals surface area contributed by atoms with Crippen LogP contribution in [0, 0.1) is 0 Å². The Morgan fingerprint density at radius 1 is 1.33 bits per heavy atom. The van der Waals surface area contributed by atoms with Gasteiger partial charge in [0.15, 0.2) is 11.3 Å². The zero-order chi connectivity index (χ0) is 24.8. The van der Waals surface area contributed by atoms with Crippen molar-refractivity contribution in [3.63, 3.8) is 0 Å². The van der Waals surface area contributed by atoms with Crippen LogP contribution in [0.25, 0.3) is 0 Å². The van der Waals surface area contributed by atoms with Crippen molar-refractivity contribution in [2.75, 3.05) is 36.8 Å². The maximum absolute atomic E-state index is 14.2. The molecule has 182 valence electrons. The molecule has 33 heavy (non-hydrogen) atoms. The number of carbonyl (C=O) groups excluding carboxylic acids is 4. The van der Waals surface area contributed by atoms with Crippen molar-refractivity contribution >= 4 is 53.6 Å². The molecule has 2 amide bonds. The topological polar surface area (TPSA) is 131 Å². The molecule has 1 aromatic rings. The monoisotopic (exact) mass is 496 g/mol. The molecule has 9 nitrogen and oxygen atoms in total. The van der Waals surface area contributed by atoms with Gasteiger partial charge in [0.05, 0.1) is 19.2 Å². The molecule has 0 bridgehead atoms. The third-order valence-corrected chi connectivity index (χ3v) is 6.92.